The lowest BCUT2D eigenvalue weighted by molar-refractivity contribution is -0.137. The van der Waals surface area contributed by atoms with Gasteiger partial charge in [0.05, 0.1) is 12.7 Å². The van der Waals surface area contributed by atoms with E-state index in [4.69, 9.17) is 16.3 Å². The molecule has 0 radical (unpaired) electrons. The van der Waals surface area contributed by atoms with Gasteiger partial charge in [0.2, 0.25) is 0 Å². The molecule has 0 aliphatic carbocycles. The number of methoxy groups -OCH3 is 1. The molecule has 0 saturated heterocycles. The largest absolute Gasteiger partial charge is 0.496 e. The van der Waals surface area contributed by atoms with Gasteiger partial charge in [-0.3, -0.25) is 0 Å². The molecule has 118 valence electrons. The summed E-state index contributed by atoms with van der Waals surface area (Å²) >= 11 is 6.02. The number of halogens is 4. The van der Waals surface area contributed by atoms with Crippen LogP contribution in [-0.2, 0) is 6.18 Å². The fraction of sp³-hybridized carbons (Fsp3) is 0.125. The summed E-state index contributed by atoms with van der Waals surface area (Å²) in [4.78, 5) is 0. The van der Waals surface area contributed by atoms with Crippen molar-refractivity contribution in [3.05, 3.63) is 53.2 Å². The van der Waals surface area contributed by atoms with E-state index >= 15 is 0 Å². The zero-order chi connectivity index (χ0) is 16.6. The number of benzene rings is 2. The van der Waals surface area contributed by atoms with Crippen molar-refractivity contribution < 1.29 is 17.9 Å². The molecule has 0 aliphatic rings. The normalized spacial score (nSPS) is 11.7. The van der Waals surface area contributed by atoms with Crippen LogP contribution in [-0.4, -0.2) is 17.3 Å². The molecule has 0 fully saturated rings. The summed E-state index contributed by atoms with van der Waals surface area (Å²) in [5, 5.41) is 9.49. The lowest BCUT2D eigenvalue weighted by Gasteiger charge is -2.13. The van der Waals surface area contributed by atoms with E-state index in [2.05, 4.69) is 10.2 Å². The van der Waals surface area contributed by atoms with Gasteiger partial charge in [0.15, 0.2) is 5.15 Å². The third-order valence-electron chi connectivity index (χ3n) is 3.43. The van der Waals surface area contributed by atoms with Gasteiger partial charge in [0.25, 0.3) is 0 Å². The summed E-state index contributed by atoms with van der Waals surface area (Å²) < 4.78 is 43.6. The van der Waals surface area contributed by atoms with E-state index in [1.807, 2.05) is 0 Å². The molecule has 0 spiro atoms. The third kappa shape index (κ3) is 2.82. The average Bonchev–Trinajstić information content (AvgIpc) is 2.54. The first-order valence-corrected chi connectivity index (χ1v) is 6.96. The van der Waals surface area contributed by atoms with Gasteiger partial charge in [-0.25, -0.2) is 0 Å². The van der Waals surface area contributed by atoms with E-state index in [0.29, 0.717) is 22.0 Å². The Morgan fingerprint density at radius 3 is 2.35 bits per heavy atom. The number of aromatic nitrogens is 2. The zero-order valence-corrected chi connectivity index (χ0v) is 12.6. The van der Waals surface area contributed by atoms with Crippen molar-refractivity contribution in [1.29, 1.82) is 0 Å². The van der Waals surface area contributed by atoms with E-state index in [9.17, 15) is 13.2 Å². The molecule has 0 atom stereocenters. The van der Waals surface area contributed by atoms with Gasteiger partial charge in [0.1, 0.15) is 11.4 Å². The van der Waals surface area contributed by atoms with Crippen LogP contribution in [0.15, 0.2) is 42.5 Å². The molecule has 3 aromatic rings. The van der Waals surface area contributed by atoms with Crippen LogP contribution in [0.3, 0.4) is 0 Å². The molecule has 2 aromatic carbocycles. The second kappa shape index (κ2) is 5.70. The van der Waals surface area contributed by atoms with Crippen LogP contribution in [0.25, 0.3) is 22.0 Å². The van der Waals surface area contributed by atoms with Gasteiger partial charge in [-0.05, 0) is 18.2 Å². The molecule has 3 rings (SSSR count). The SMILES string of the molecule is COc1cc(C(F)(F)F)ccc1-c1nnc(Cl)c2ccccc12. The summed E-state index contributed by atoms with van der Waals surface area (Å²) in [6.07, 6.45) is -4.44. The molecule has 0 amide bonds. The van der Waals surface area contributed by atoms with E-state index in [1.54, 1.807) is 24.3 Å². The van der Waals surface area contributed by atoms with Crippen molar-refractivity contribution in [3.8, 4) is 17.0 Å². The number of ether oxygens (including phenoxy) is 1. The van der Waals surface area contributed by atoms with Crippen molar-refractivity contribution in [2.45, 2.75) is 6.18 Å². The molecule has 0 N–H and O–H groups in total. The minimum atomic E-state index is -4.44. The van der Waals surface area contributed by atoms with Crippen LogP contribution in [0.4, 0.5) is 13.2 Å². The highest BCUT2D eigenvalue weighted by Gasteiger charge is 2.31. The minimum absolute atomic E-state index is 0.0709. The number of alkyl halides is 3. The number of rotatable bonds is 2. The quantitative estimate of drug-likeness (QED) is 0.661. The lowest BCUT2D eigenvalue weighted by Crippen LogP contribution is -2.05. The van der Waals surface area contributed by atoms with Crippen LogP contribution in [0.1, 0.15) is 5.56 Å². The predicted octanol–water partition coefficient (Wildman–Crippen LogP) is 4.98. The molecule has 0 unspecified atom stereocenters. The summed E-state index contributed by atoms with van der Waals surface area (Å²) in [6.45, 7) is 0. The molecule has 3 nitrogen and oxygen atoms in total. The topological polar surface area (TPSA) is 35.0 Å². The highest BCUT2D eigenvalue weighted by atomic mass is 35.5. The monoisotopic (exact) mass is 338 g/mol. The predicted molar refractivity (Wildman–Crippen MR) is 81.5 cm³/mol. The molecule has 0 saturated carbocycles. The van der Waals surface area contributed by atoms with E-state index in [1.165, 1.54) is 13.2 Å². The van der Waals surface area contributed by atoms with Crippen LogP contribution in [0, 0.1) is 0 Å². The summed E-state index contributed by atoms with van der Waals surface area (Å²) in [5.41, 5.74) is 0.0424. The highest BCUT2D eigenvalue weighted by molar-refractivity contribution is 6.34. The van der Waals surface area contributed by atoms with Crippen LogP contribution < -0.4 is 4.74 Å². The Hall–Kier alpha value is -2.34. The number of hydrogen-bond donors (Lipinski definition) is 0. The smallest absolute Gasteiger partial charge is 0.416 e. The molecule has 0 aliphatic heterocycles. The highest BCUT2D eigenvalue weighted by Crippen LogP contribution is 2.38. The van der Waals surface area contributed by atoms with Crippen LogP contribution in [0.2, 0.25) is 5.15 Å². The first-order chi connectivity index (χ1) is 10.9. The summed E-state index contributed by atoms with van der Waals surface area (Å²) in [5.74, 6) is 0.0709. The van der Waals surface area contributed by atoms with Gasteiger partial charge in [-0.2, -0.15) is 13.2 Å². The van der Waals surface area contributed by atoms with Gasteiger partial charge >= 0.3 is 6.18 Å². The first-order valence-electron chi connectivity index (χ1n) is 6.58. The second-order valence-electron chi connectivity index (χ2n) is 4.80. The zero-order valence-electron chi connectivity index (χ0n) is 11.9. The molecular weight excluding hydrogens is 329 g/mol. The van der Waals surface area contributed by atoms with E-state index in [0.717, 1.165) is 12.1 Å². The van der Waals surface area contributed by atoms with Crippen molar-refractivity contribution in [2.24, 2.45) is 0 Å². The average molecular weight is 339 g/mol. The lowest BCUT2D eigenvalue weighted by atomic mass is 10.0. The van der Waals surface area contributed by atoms with Gasteiger partial charge in [0, 0.05) is 16.3 Å². The van der Waals surface area contributed by atoms with Crippen molar-refractivity contribution in [3.63, 3.8) is 0 Å². The standard InChI is InChI=1S/C16H10ClF3N2O/c1-23-13-8-9(16(18,19)20)6-7-12(13)14-10-4-2-3-5-11(10)15(17)22-21-14/h2-8H,1H3. The second-order valence-corrected chi connectivity index (χ2v) is 5.16. The molecule has 1 aromatic heterocycles. The molecule has 23 heavy (non-hydrogen) atoms. The molecule has 0 bridgehead atoms. The van der Waals surface area contributed by atoms with Crippen LogP contribution >= 0.6 is 11.6 Å². The Morgan fingerprint density at radius 2 is 1.70 bits per heavy atom. The van der Waals surface area contributed by atoms with Crippen molar-refractivity contribution in [1.82, 2.24) is 10.2 Å². The van der Waals surface area contributed by atoms with Crippen molar-refractivity contribution >= 4 is 22.4 Å². The Balaban J connectivity index is 2.25. The number of fused-ring (bicyclic) bond motifs is 1. The Labute approximate surface area is 134 Å². The van der Waals surface area contributed by atoms with Gasteiger partial charge in [-0.1, -0.05) is 35.9 Å². The van der Waals surface area contributed by atoms with E-state index < -0.39 is 11.7 Å². The summed E-state index contributed by atoms with van der Waals surface area (Å²) in [7, 11) is 1.31. The Kier molecular flexibility index (Phi) is 3.85. The molecule has 1 heterocycles. The Morgan fingerprint density at radius 1 is 1.00 bits per heavy atom. The van der Waals surface area contributed by atoms with Crippen LogP contribution in [0.5, 0.6) is 5.75 Å². The molecule has 7 heteroatoms. The fourth-order valence-electron chi connectivity index (χ4n) is 2.33. The molecular formula is C16H10ClF3N2O. The number of nitrogens with zero attached hydrogens (tertiary/aromatic N) is 2. The maximum atomic E-state index is 12.8. The minimum Gasteiger partial charge on any atom is -0.496 e. The Bertz CT molecular complexity index is 881. The summed E-state index contributed by atoms with van der Waals surface area (Å²) in [6, 6.07) is 10.4. The van der Waals surface area contributed by atoms with Gasteiger partial charge in [-0.15, -0.1) is 10.2 Å². The third-order valence-corrected chi connectivity index (χ3v) is 3.71. The van der Waals surface area contributed by atoms with E-state index in [-0.39, 0.29) is 10.9 Å². The first kappa shape index (κ1) is 15.6. The maximum Gasteiger partial charge on any atom is 0.416 e. The fourth-order valence-corrected chi connectivity index (χ4v) is 2.54. The number of hydrogen-bond acceptors (Lipinski definition) is 3. The maximum absolute atomic E-state index is 12.8. The van der Waals surface area contributed by atoms with Crippen molar-refractivity contribution in [2.75, 3.05) is 7.11 Å². The van der Waals surface area contributed by atoms with Gasteiger partial charge < -0.3 is 4.74 Å².